The Morgan fingerprint density at radius 3 is 1.87 bits per heavy atom. The molecular weight excluding hydrogens is 210 g/mol. The Labute approximate surface area is 79.5 Å². The van der Waals surface area contributed by atoms with Crippen LogP contribution in [-0.4, -0.2) is 15.5 Å². The Morgan fingerprint density at radius 1 is 0.933 bits per heavy atom. The molecule has 0 spiro atoms. The summed E-state index contributed by atoms with van der Waals surface area (Å²) in [5, 5.41) is 30.5. The quantitative estimate of drug-likeness (QED) is 0.278. The zero-order valence-electron chi connectivity index (χ0n) is 6.91. The second kappa shape index (κ2) is 3.65. The molecule has 0 atom stereocenters. The summed E-state index contributed by atoms with van der Waals surface area (Å²) < 4.78 is 0. The Balaban J connectivity index is 4.21. The van der Waals surface area contributed by atoms with Gasteiger partial charge in [-0.05, 0) is 5.18 Å². The third kappa shape index (κ3) is 1.35. The van der Waals surface area contributed by atoms with Crippen LogP contribution in [0.3, 0.4) is 0 Å². The number of phenolic OH excluding ortho intramolecular Hbond substituents is 1. The van der Waals surface area contributed by atoms with Gasteiger partial charge in [0.25, 0.3) is 0 Å². The van der Waals surface area contributed by atoms with E-state index in [1.54, 1.807) is 0 Å². The summed E-state index contributed by atoms with van der Waals surface area (Å²) in [6, 6.07) is 0. The molecule has 1 rings (SSSR count). The molecule has 9 heteroatoms. The Hall–Kier alpha value is -2.58. The molecule has 1 aromatic rings. The van der Waals surface area contributed by atoms with Gasteiger partial charge in [-0.2, -0.15) is 0 Å². The van der Waals surface area contributed by atoms with Crippen molar-refractivity contribution in [1.29, 1.82) is 0 Å². The van der Waals surface area contributed by atoms with Gasteiger partial charge in [0.15, 0.2) is 11.1 Å². The largest absolute Gasteiger partial charge is 0.503 e. The normalized spacial score (nSPS) is 13.1. The molecule has 0 aliphatic heterocycles. The second-order valence-electron chi connectivity index (χ2n) is 2.34. The van der Waals surface area contributed by atoms with Gasteiger partial charge in [0.2, 0.25) is 21.9 Å². The van der Waals surface area contributed by atoms with Crippen molar-refractivity contribution in [2.24, 2.45) is 15.5 Å². The molecule has 0 saturated carbocycles. The van der Waals surface area contributed by atoms with Gasteiger partial charge in [0.1, 0.15) is 0 Å². The fourth-order valence-corrected chi connectivity index (χ4v) is 0.923. The minimum atomic E-state index is -1.34. The Morgan fingerprint density at radius 2 is 1.47 bits per heavy atom. The third-order valence-corrected chi connectivity index (χ3v) is 1.60. The van der Waals surface area contributed by atoms with Gasteiger partial charge < -0.3 is 15.5 Å². The van der Waals surface area contributed by atoms with Crippen LogP contribution in [0.2, 0.25) is 0 Å². The highest BCUT2D eigenvalue weighted by atomic mass is 16.4. The van der Waals surface area contributed by atoms with E-state index < -0.39 is 33.0 Å². The summed E-state index contributed by atoms with van der Waals surface area (Å²) in [5.41, 5.74) is -3.72. The Bertz CT molecular complexity index is 624. The molecule has 0 unspecified atom stereocenters. The van der Waals surface area contributed by atoms with E-state index in [-0.39, 0.29) is 0 Å². The summed E-state index contributed by atoms with van der Waals surface area (Å²) in [7, 11) is 0. The number of hydrogen-bond acceptors (Lipinski definition) is 9. The van der Waals surface area contributed by atoms with E-state index in [1.165, 1.54) is 0 Å². The number of phenols is 1. The molecular formula is C6H3N3O6. The maximum absolute atomic E-state index is 11.1. The smallest absolute Gasteiger partial charge is 0.244 e. The molecule has 0 heterocycles. The molecule has 1 aromatic carbocycles. The molecule has 0 radical (unpaired) electrons. The molecule has 0 fully saturated rings. The van der Waals surface area contributed by atoms with E-state index in [1.807, 2.05) is 0 Å². The lowest BCUT2D eigenvalue weighted by molar-refractivity contribution is 0.292. The molecule has 15 heavy (non-hydrogen) atoms. The van der Waals surface area contributed by atoms with Crippen LogP contribution in [0.5, 0.6) is 5.75 Å². The van der Waals surface area contributed by atoms with Crippen molar-refractivity contribution in [3.8, 4) is 5.75 Å². The monoisotopic (exact) mass is 213 g/mol. The number of nitroso groups, excluding NO2 is 1. The van der Waals surface area contributed by atoms with E-state index in [4.69, 9.17) is 15.5 Å². The van der Waals surface area contributed by atoms with Crippen molar-refractivity contribution in [3.63, 3.8) is 0 Å². The van der Waals surface area contributed by atoms with Crippen LogP contribution in [0.25, 0.3) is 0 Å². The second-order valence-corrected chi connectivity index (χ2v) is 2.34. The average Bonchev–Trinajstić information content (AvgIpc) is 2.19. The first kappa shape index (κ1) is 10.5. The van der Waals surface area contributed by atoms with Crippen LogP contribution in [-0.2, 0) is 0 Å². The number of benzene rings is 1. The third-order valence-electron chi connectivity index (χ3n) is 1.60. The lowest BCUT2D eigenvalue weighted by atomic mass is 10.2. The number of hydrogen-bond donors (Lipinski definition) is 3. The standard InChI is InChI=1S/C6H3N3O6/c10-4-1(7-13)5(11)3(9-15)6(12)2(4)8-14/h10,13,15H. The lowest BCUT2D eigenvalue weighted by Crippen LogP contribution is -2.47. The summed E-state index contributed by atoms with van der Waals surface area (Å²) in [4.78, 5) is 32.4. The van der Waals surface area contributed by atoms with Gasteiger partial charge in [0, 0.05) is 0 Å². The van der Waals surface area contributed by atoms with E-state index in [0.29, 0.717) is 0 Å². The number of nitrogens with zero attached hydrogens (tertiary/aromatic N) is 3. The van der Waals surface area contributed by atoms with E-state index in [9.17, 15) is 14.5 Å². The van der Waals surface area contributed by atoms with Crippen LogP contribution in [0.4, 0.5) is 5.69 Å². The summed E-state index contributed by atoms with van der Waals surface area (Å²) in [6.07, 6.45) is 0. The highest BCUT2D eigenvalue weighted by Crippen LogP contribution is 2.12. The van der Waals surface area contributed by atoms with Crippen molar-refractivity contribution in [2.75, 3.05) is 0 Å². The van der Waals surface area contributed by atoms with Crippen LogP contribution < -0.4 is 21.6 Å². The van der Waals surface area contributed by atoms with Gasteiger partial charge in [0.05, 0.1) is 0 Å². The SMILES string of the molecule is O=Nc1c(O)c(=NO)c(=O)c(=NO)c1=O. The maximum Gasteiger partial charge on any atom is 0.244 e. The number of aromatic hydroxyl groups is 1. The molecule has 0 aromatic heterocycles. The van der Waals surface area contributed by atoms with Crippen molar-refractivity contribution in [2.45, 2.75) is 0 Å². The molecule has 9 nitrogen and oxygen atoms in total. The van der Waals surface area contributed by atoms with Gasteiger partial charge in [-0.1, -0.05) is 10.3 Å². The van der Waals surface area contributed by atoms with Crippen LogP contribution >= 0.6 is 0 Å². The summed E-state index contributed by atoms with van der Waals surface area (Å²) in [5.74, 6) is -1.16. The number of rotatable bonds is 1. The summed E-state index contributed by atoms with van der Waals surface area (Å²) in [6.45, 7) is 0. The fraction of sp³-hybridized carbons (Fsp3) is 0. The molecule has 0 amide bonds. The molecule has 0 aliphatic rings. The molecule has 0 aliphatic carbocycles. The van der Waals surface area contributed by atoms with E-state index in [2.05, 4.69) is 15.5 Å². The van der Waals surface area contributed by atoms with E-state index in [0.717, 1.165) is 0 Å². The first-order chi connectivity index (χ1) is 7.08. The van der Waals surface area contributed by atoms with Crippen molar-refractivity contribution in [1.82, 2.24) is 0 Å². The lowest BCUT2D eigenvalue weighted by Gasteiger charge is -1.91. The highest BCUT2D eigenvalue weighted by molar-refractivity contribution is 5.49. The van der Waals surface area contributed by atoms with Crippen molar-refractivity contribution < 1.29 is 15.5 Å². The zero-order chi connectivity index (χ0) is 11.6. The van der Waals surface area contributed by atoms with Gasteiger partial charge in [-0.25, -0.2) is 0 Å². The van der Waals surface area contributed by atoms with Gasteiger partial charge >= 0.3 is 0 Å². The summed E-state index contributed by atoms with van der Waals surface area (Å²) >= 11 is 0. The average molecular weight is 213 g/mol. The minimum absolute atomic E-state index is 0.989. The topological polar surface area (TPSA) is 149 Å². The predicted molar refractivity (Wildman–Crippen MR) is 43.2 cm³/mol. The van der Waals surface area contributed by atoms with Crippen LogP contribution in [0, 0.1) is 4.91 Å². The van der Waals surface area contributed by atoms with Gasteiger partial charge in [-0.15, -0.1) is 4.91 Å². The van der Waals surface area contributed by atoms with Crippen LogP contribution in [0.15, 0.2) is 25.1 Å². The maximum atomic E-state index is 11.1. The van der Waals surface area contributed by atoms with Crippen molar-refractivity contribution in [3.05, 3.63) is 36.1 Å². The molecule has 0 saturated heterocycles. The predicted octanol–water partition coefficient (Wildman–Crippen LogP) is -2.03. The molecule has 78 valence electrons. The first-order valence-electron chi connectivity index (χ1n) is 3.39. The molecule has 3 N–H and O–H groups in total. The Kier molecular flexibility index (Phi) is 2.56. The van der Waals surface area contributed by atoms with E-state index >= 15 is 0 Å². The van der Waals surface area contributed by atoms with Gasteiger partial charge in [-0.3, -0.25) is 9.59 Å². The van der Waals surface area contributed by atoms with Crippen LogP contribution in [0.1, 0.15) is 0 Å². The fourth-order valence-electron chi connectivity index (χ4n) is 0.923. The first-order valence-corrected chi connectivity index (χ1v) is 3.39. The zero-order valence-corrected chi connectivity index (χ0v) is 6.91. The minimum Gasteiger partial charge on any atom is -0.503 e. The molecule has 0 bridgehead atoms. The highest BCUT2D eigenvalue weighted by Gasteiger charge is 2.17. The van der Waals surface area contributed by atoms with Crippen molar-refractivity contribution >= 4 is 5.69 Å².